The number of carbonyl (C=O) groups excluding carboxylic acids is 2. The Morgan fingerprint density at radius 3 is 2.36 bits per heavy atom. The second-order valence-corrected chi connectivity index (χ2v) is 10.3. The largest absolute Gasteiger partial charge is 0.507 e. The number of ketones is 1. The van der Waals surface area contributed by atoms with E-state index < -0.39 is 17.7 Å². The number of hydrogen-bond donors (Lipinski definition) is 1. The van der Waals surface area contributed by atoms with E-state index in [1.54, 1.807) is 42.5 Å². The van der Waals surface area contributed by atoms with Gasteiger partial charge in [0.2, 0.25) is 0 Å². The van der Waals surface area contributed by atoms with Gasteiger partial charge in [-0.2, -0.15) is 0 Å². The minimum absolute atomic E-state index is 0.0100. The highest BCUT2D eigenvalue weighted by Crippen LogP contribution is 2.42. The molecule has 2 saturated heterocycles. The van der Waals surface area contributed by atoms with Gasteiger partial charge in [0.15, 0.2) is 0 Å². The highest BCUT2D eigenvalue weighted by Gasteiger charge is 2.46. The molecule has 0 aromatic heterocycles. The van der Waals surface area contributed by atoms with E-state index in [1.165, 1.54) is 4.90 Å². The van der Waals surface area contributed by atoms with Gasteiger partial charge in [-0.3, -0.25) is 14.5 Å². The minimum Gasteiger partial charge on any atom is -0.507 e. The van der Waals surface area contributed by atoms with Crippen LogP contribution < -0.4 is 4.74 Å². The van der Waals surface area contributed by atoms with Gasteiger partial charge in [-0.15, -0.1) is 0 Å². The van der Waals surface area contributed by atoms with Crippen molar-refractivity contribution in [2.24, 2.45) is 0 Å². The Kier molecular flexibility index (Phi) is 8.53. The van der Waals surface area contributed by atoms with E-state index in [-0.39, 0.29) is 17.9 Å². The Balaban J connectivity index is 1.44. The summed E-state index contributed by atoms with van der Waals surface area (Å²) in [6, 6.07) is 20.6. The first-order valence-electron chi connectivity index (χ1n) is 12.7. The van der Waals surface area contributed by atoms with Crippen LogP contribution in [-0.2, 0) is 20.9 Å². The molecule has 2 aliphatic heterocycles. The number of morpholine rings is 1. The number of aliphatic hydroxyl groups is 1. The molecule has 1 N–H and O–H groups in total. The number of hydrogen-bond acceptors (Lipinski definition) is 6. The predicted octanol–water partition coefficient (Wildman–Crippen LogP) is 5.33. The van der Waals surface area contributed by atoms with Gasteiger partial charge >= 0.3 is 0 Å². The lowest BCUT2D eigenvalue weighted by atomic mass is 9.95. The number of benzene rings is 3. The van der Waals surface area contributed by atoms with Gasteiger partial charge in [0, 0.05) is 41.8 Å². The van der Waals surface area contributed by atoms with Crippen LogP contribution in [0.1, 0.15) is 22.7 Å². The molecule has 5 rings (SSSR count). The standard InChI is InChI=1S/C30H28Cl2N2O5/c31-22-8-11-24(25(32)18-22)27-26(29(36)30(37)34(27)13-12-33-14-16-38-17-15-33)28(35)21-6-9-23(10-7-21)39-19-20-4-2-1-3-5-20/h1-11,18,27,35H,12-17,19H2/b28-26+. The SMILES string of the molecule is O=C1C(=O)N(CCN2CCOCC2)C(c2ccc(Cl)cc2Cl)/C1=C(\O)c1ccc(OCc2ccccc2)cc1. The van der Waals surface area contributed by atoms with Gasteiger partial charge in [-0.1, -0.05) is 59.6 Å². The molecule has 2 fully saturated rings. The van der Waals surface area contributed by atoms with Gasteiger partial charge in [0.05, 0.1) is 24.8 Å². The van der Waals surface area contributed by atoms with Crippen molar-refractivity contribution in [3.8, 4) is 5.75 Å². The molecule has 1 atom stereocenters. The van der Waals surface area contributed by atoms with Crippen LogP contribution in [0, 0.1) is 0 Å². The molecule has 1 amide bonds. The third-order valence-electron chi connectivity index (χ3n) is 6.93. The molecule has 7 nitrogen and oxygen atoms in total. The molecule has 202 valence electrons. The van der Waals surface area contributed by atoms with Crippen molar-refractivity contribution in [1.29, 1.82) is 0 Å². The maximum absolute atomic E-state index is 13.3. The van der Waals surface area contributed by atoms with E-state index in [0.29, 0.717) is 53.3 Å². The molecular formula is C30H28Cl2N2O5. The number of amides is 1. The minimum atomic E-state index is -0.857. The molecule has 0 aliphatic carbocycles. The van der Waals surface area contributed by atoms with Crippen molar-refractivity contribution < 1.29 is 24.2 Å². The normalized spacial score (nSPS) is 19.4. The molecule has 0 radical (unpaired) electrons. The zero-order chi connectivity index (χ0) is 27.4. The molecule has 0 bridgehead atoms. The van der Waals surface area contributed by atoms with Crippen LogP contribution in [0.2, 0.25) is 10.0 Å². The summed E-state index contributed by atoms with van der Waals surface area (Å²) in [6.07, 6.45) is 0. The quantitative estimate of drug-likeness (QED) is 0.225. The number of carbonyl (C=O) groups is 2. The van der Waals surface area contributed by atoms with Gasteiger partial charge in [0.25, 0.3) is 11.7 Å². The fourth-order valence-corrected chi connectivity index (χ4v) is 5.35. The van der Waals surface area contributed by atoms with Gasteiger partial charge in [0.1, 0.15) is 18.1 Å². The van der Waals surface area contributed by atoms with E-state index in [9.17, 15) is 14.7 Å². The van der Waals surface area contributed by atoms with Crippen molar-refractivity contribution >= 4 is 40.7 Å². The molecular weight excluding hydrogens is 539 g/mol. The first kappa shape index (κ1) is 27.2. The molecule has 9 heteroatoms. The summed E-state index contributed by atoms with van der Waals surface area (Å²) in [5.74, 6) is -1.09. The van der Waals surface area contributed by atoms with Gasteiger partial charge < -0.3 is 19.5 Å². The average molecular weight is 567 g/mol. The lowest BCUT2D eigenvalue weighted by Gasteiger charge is -2.31. The topological polar surface area (TPSA) is 79.3 Å². The fourth-order valence-electron chi connectivity index (χ4n) is 4.84. The van der Waals surface area contributed by atoms with Crippen LogP contribution in [-0.4, -0.2) is 66.0 Å². The smallest absolute Gasteiger partial charge is 0.295 e. The number of rotatable bonds is 8. The zero-order valence-electron chi connectivity index (χ0n) is 21.2. The summed E-state index contributed by atoms with van der Waals surface area (Å²) < 4.78 is 11.3. The van der Waals surface area contributed by atoms with E-state index in [2.05, 4.69) is 4.90 Å². The summed E-state index contributed by atoms with van der Waals surface area (Å²) in [6.45, 7) is 3.98. The van der Waals surface area contributed by atoms with E-state index in [0.717, 1.165) is 18.7 Å². The van der Waals surface area contributed by atoms with Crippen molar-refractivity contribution in [1.82, 2.24) is 9.80 Å². The van der Waals surface area contributed by atoms with Gasteiger partial charge in [-0.05, 0) is 47.5 Å². The van der Waals surface area contributed by atoms with Crippen molar-refractivity contribution in [3.05, 3.63) is 105 Å². The van der Waals surface area contributed by atoms with E-state index in [4.69, 9.17) is 32.7 Å². The molecule has 3 aromatic carbocycles. The number of nitrogens with zero attached hydrogens (tertiary/aromatic N) is 2. The first-order valence-corrected chi connectivity index (χ1v) is 13.5. The molecule has 0 spiro atoms. The van der Waals surface area contributed by atoms with Crippen LogP contribution >= 0.6 is 23.2 Å². The second-order valence-electron chi connectivity index (χ2n) is 9.41. The Morgan fingerprint density at radius 2 is 1.67 bits per heavy atom. The third-order valence-corrected chi connectivity index (χ3v) is 7.50. The summed E-state index contributed by atoms with van der Waals surface area (Å²) in [5, 5.41) is 12.1. The van der Waals surface area contributed by atoms with E-state index in [1.807, 2.05) is 30.3 Å². The summed E-state index contributed by atoms with van der Waals surface area (Å²) >= 11 is 12.7. The van der Waals surface area contributed by atoms with Crippen molar-refractivity contribution in [2.75, 3.05) is 39.4 Å². The molecule has 39 heavy (non-hydrogen) atoms. The second kappa shape index (κ2) is 12.2. The zero-order valence-corrected chi connectivity index (χ0v) is 22.7. The lowest BCUT2D eigenvalue weighted by Crippen LogP contribution is -2.42. The highest BCUT2D eigenvalue weighted by molar-refractivity contribution is 6.47. The summed E-state index contributed by atoms with van der Waals surface area (Å²) in [4.78, 5) is 30.3. The number of likely N-dealkylation sites (tertiary alicyclic amines) is 1. The van der Waals surface area contributed by atoms with Crippen LogP contribution in [0.25, 0.3) is 5.76 Å². The molecule has 2 heterocycles. The number of halogens is 2. The number of ether oxygens (including phenoxy) is 2. The maximum Gasteiger partial charge on any atom is 0.295 e. The van der Waals surface area contributed by atoms with Crippen LogP contribution in [0.3, 0.4) is 0 Å². The number of Topliss-reactive ketones (excluding diaryl/α,β-unsaturated/α-hetero) is 1. The Labute approximate surface area is 237 Å². The fraction of sp³-hybridized carbons (Fsp3) is 0.267. The van der Waals surface area contributed by atoms with Crippen LogP contribution in [0.5, 0.6) is 5.75 Å². The molecule has 3 aromatic rings. The molecule has 0 saturated carbocycles. The Bertz CT molecular complexity index is 1370. The van der Waals surface area contributed by atoms with Crippen molar-refractivity contribution in [2.45, 2.75) is 12.6 Å². The molecule has 2 aliphatic rings. The summed E-state index contributed by atoms with van der Waals surface area (Å²) in [7, 11) is 0. The Morgan fingerprint density at radius 1 is 0.949 bits per heavy atom. The predicted molar refractivity (Wildman–Crippen MR) is 150 cm³/mol. The van der Waals surface area contributed by atoms with E-state index >= 15 is 0 Å². The summed E-state index contributed by atoms with van der Waals surface area (Å²) in [5.41, 5.74) is 1.93. The Hall–Kier alpha value is -3.36. The third kappa shape index (κ3) is 6.12. The van der Waals surface area contributed by atoms with Gasteiger partial charge in [-0.25, -0.2) is 0 Å². The number of aliphatic hydroxyl groups excluding tert-OH is 1. The highest BCUT2D eigenvalue weighted by atomic mass is 35.5. The maximum atomic E-state index is 13.3. The average Bonchev–Trinajstić information content (AvgIpc) is 3.21. The monoisotopic (exact) mass is 566 g/mol. The molecule has 1 unspecified atom stereocenters. The van der Waals surface area contributed by atoms with Crippen molar-refractivity contribution in [3.63, 3.8) is 0 Å². The van der Waals surface area contributed by atoms with Crippen LogP contribution in [0.4, 0.5) is 0 Å². The lowest BCUT2D eigenvalue weighted by molar-refractivity contribution is -0.140. The van der Waals surface area contributed by atoms with Crippen LogP contribution in [0.15, 0.2) is 78.4 Å². The first-order chi connectivity index (χ1) is 18.9.